The third-order valence-corrected chi connectivity index (χ3v) is 3.52. The summed E-state index contributed by atoms with van der Waals surface area (Å²) in [6.07, 6.45) is 2.28. The van der Waals surface area contributed by atoms with E-state index in [1.165, 1.54) is 6.08 Å². The van der Waals surface area contributed by atoms with Crippen molar-refractivity contribution in [2.75, 3.05) is 0 Å². The van der Waals surface area contributed by atoms with Crippen molar-refractivity contribution < 1.29 is 19.1 Å². The molecule has 0 aliphatic carbocycles. The molecular weight excluding hydrogens is 304 g/mol. The van der Waals surface area contributed by atoms with Gasteiger partial charge in [0.1, 0.15) is 6.10 Å². The van der Waals surface area contributed by atoms with Crippen molar-refractivity contribution in [2.45, 2.75) is 53.8 Å². The Morgan fingerprint density at radius 2 is 1.58 bits per heavy atom. The van der Waals surface area contributed by atoms with Gasteiger partial charge in [-0.2, -0.15) is 0 Å². The van der Waals surface area contributed by atoms with Crippen LogP contribution in [-0.2, 0) is 19.1 Å². The van der Waals surface area contributed by atoms with Gasteiger partial charge in [0.15, 0.2) is 0 Å². The Bertz CT molecular complexity index is 567. The first-order valence-electron chi connectivity index (χ1n) is 8.25. The van der Waals surface area contributed by atoms with Crippen LogP contribution < -0.4 is 0 Å². The van der Waals surface area contributed by atoms with Gasteiger partial charge in [-0.05, 0) is 37.8 Å². The molecular formula is C20H28O4. The molecule has 0 radical (unpaired) electrons. The zero-order chi connectivity index (χ0) is 18.3. The quantitative estimate of drug-likeness (QED) is 0.577. The summed E-state index contributed by atoms with van der Waals surface area (Å²) in [6, 6.07) is 9.48. The van der Waals surface area contributed by atoms with E-state index in [0.29, 0.717) is 0 Å². The SMILES string of the molecule is CC(C)OC(=O)C(C(C)OC(=O)C=Cc1ccccc1)C(C)(C)C. The molecule has 2 atom stereocenters. The smallest absolute Gasteiger partial charge is 0.331 e. The predicted octanol–water partition coefficient (Wildman–Crippen LogP) is 4.25. The Hall–Kier alpha value is -2.10. The molecule has 0 aliphatic rings. The van der Waals surface area contributed by atoms with Gasteiger partial charge in [-0.15, -0.1) is 0 Å². The summed E-state index contributed by atoms with van der Waals surface area (Å²) in [6.45, 7) is 11.1. The van der Waals surface area contributed by atoms with Crippen molar-refractivity contribution >= 4 is 18.0 Å². The first kappa shape index (κ1) is 19.9. The number of benzene rings is 1. The van der Waals surface area contributed by atoms with Crippen LogP contribution in [-0.4, -0.2) is 24.1 Å². The molecule has 0 aromatic heterocycles. The van der Waals surface area contributed by atoms with E-state index in [2.05, 4.69) is 0 Å². The lowest BCUT2D eigenvalue weighted by atomic mass is 9.77. The number of hydrogen-bond acceptors (Lipinski definition) is 4. The third kappa shape index (κ3) is 6.57. The second kappa shape index (κ2) is 8.67. The minimum absolute atomic E-state index is 0.205. The van der Waals surface area contributed by atoms with Crippen molar-refractivity contribution in [1.29, 1.82) is 0 Å². The van der Waals surface area contributed by atoms with Crippen LogP contribution in [0.25, 0.3) is 6.08 Å². The van der Waals surface area contributed by atoms with E-state index >= 15 is 0 Å². The summed E-state index contributed by atoms with van der Waals surface area (Å²) < 4.78 is 10.8. The maximum Gasteiger partial charge on any atom is 0.331 e. The Kier molecular flexibility index (Phi) is 7.20. The number of ether oxygens (including phenoxy) is 2. The first-order chi connectivity index (χ1) is 11.1. The molecule has 0 aliphatic heterocycles. The van der Waals surface area contributed by atoms with E-state index in [9.17, 15) is 9.59 Å². The van der Waals surface area contributed by atoms with Crippen LogP contribution in [0.4, 0.5) is 0 Å². The maximum atomic E-state index is 12.4. The molecule has 0 fully saturated rings. The second-order valence-corrected chi connectivity index (χ2v) is 7.22. The number of rotatable bonds is 6. The molecule has 0 spiro atoms. The maximum absolute atomic E-state index is 12.4. The number of hydrogen-bond donors (Lipinski definition) is 0. The molecule has 0 bridgehead atoms. The van der Waals surface area contributed by atoms with Crippen LogP contribution >= 0.6 is 0 Å². The van der Waals surface area contributed by atoms with E-state index in [4.69, 9.17) is 9.47 Å². The molecule has 132 valence electrons. The Morgan fingerprint density at radius 1 is 1.00 bits per heavy atom. The van der Waals surface area contributed by atoms with Gasteiger partial charge >= 0.3 is 11.9 Å². The van der Waals surface area contributed by atoms with Gasteiger partial charge in [0.05, 0.1) is 12.0 Å². The zero-order valence-corrected chi connectivity index (χ0v) is 15.4. The summed E-state index contributed by atoms with van der Waals surface area (Å²) in [7, 11) is 0. The van der Waals surface area contributed by atoms with Crippen LogP contribution in [0.2, 0.25) is 0 Å². The summed E-state index contributed by atoms with van der Waals surface area (Å²) in [5.41, 5.74) is 0.531. The first-order valence-corrected chi connectivity index (χ1v) is 8.25. The Balaban J connectivity index is 2.77. The predicted molar refractivity (Wildman–Crippen MR) is 95.2 cm³/mol. The molecule has 0 amide bonds. The topological polar surface area (TPSA) is 52.6 Å². The van der Waals surface area contributed by atoms with Gasteiger partial charge in [0.25, 0.3) is 0 Å². The van der Waals surface area contributed by atoms with Crippen LogP contribution in [0.1, 0.15) is 47.1 Å². The lowest BCUT2D eigenvalue weighted by Crippen LogP contribution is -2.41. The van der Waals surface area contributed by atoms with E-state index in [-0.39, 0.29) is 17.5 Å². The van der Waals surface area contributed by atoms with Gasteiger partial charge < -0.3 is 9.47 Å². The molecule has 2 unspecified atom stereocenters. The van der Waals surface area contributed by atoms with Gasteiger partial charge in [-0.3, -0.25) is 4.79 Å². The Morgan fingerprint density at radius 3 is 2.08 bits per heavy atom. The van der Waals surface area contributed by atoms with Crippen LogP contribution in [0.3, 0.4) is 0 Å². The summed E-state index contributed by atoms with van der Waals surface area (Å²) in [4.78, 5) is 24.4. The van der Waals surface area contributed by atoms with E-state index < -0.39 is 18.0 Å². The van der Waals surface area contributed by atoms with Crippen molar-refractivity contribution in [3.63, 3.8) is 0 Å². The van der Waals surface area contributed by atoms with Crippen LogP contribution in [0.15, 0.2) is 36.4 Å². The van der Waals surface area contributed by atoms with Crippen molar-refractivity contribution in [2.24, 2.45) is 11.3 Å². The molecule has 0 heterocycles. The standard InChI is InChI=1S/C20H28O4/c1-14(2)23-19(22)18(20(4,5)6)15(3)24-17(21)13-12-16-10-8-7-9-11-16/h7-15,18H,1-6H3. The molecule has 24 heavy (non-hydrogen) atoms. The molecule has 1 aromatic carbocycles. The lowest BCUT2D eigenvalue weighted by Gasteiger charge is -2.33. The van der Waals surface area contributed by atoms with Gasteiger partial charge in [0.2, 0.25) is 0 Å². The highest BCUT2D eigenvalue weighted by Crippen LogP contribution is 2.32. The average Bonchev–Trinajstić information content (AvgIpc) is 2.43. The molecule has 4 nitrogen and oxygen atoms in total. The minimum atomic E-state index is -0.579. The van der Waals surface area contributed by atoms with Crippen LogP contribution in [0.5, 0.6) is 0 Å². The molecule has 4 heteroatoms. The Labute approximate surface area is 144 Å². The molecule has 1 rings (SSSR count). The van der Waals surface area contributed by atoms with Gasteiger partial charge in [-0.1, -0.05) is 51.1 Å². The molecule has 1 aromatic rings. The average molecular weight is 332 g/mol. The third-order valence-electron chi connectivity index (χ3n) is 3.52. The van der Waals surface area contributed by atoms with Gasteiger partial charge in [0, 0.05) is 6.08 Å². The normalized spacial score (nSPS) is 14.5. The van der Waals surface area contributed by atoms with E-state index in [0.717, 1.165) is 5.56 Å². The highest BCUT2D eigenvalue weighted by Gasteiger charge is 2.39. The number of carbonyl (C=O) groups is 2. The zero-order valence-electron chi connectivity index (χ0n) is 15.4. The fraction of sp³-hybridized carbons (Fsp3) is 0.500. The van der Waals surface area contributed by atoms with Crippen LogP contribution in [0, 0.1) is 11.3 Å². The van der Waals surface area contributed by atoms with E-state index in [1.807, 2.05) is 51.1 Å². The van der Waals surface area contributed by atoms with Crippen molar-refractivity contribution in [3.05, 3.63) is 42.0 Å². The van der Waals surface area contributed by atoms with E-state index in [1.54, 1.807) is 26.8 Å². The monoisotopic (exact) mass is 332 g/mol. The van der Waals surface area contributed by atoms with Crippen molar-refractivity contribution in [1.82, 2.24) is 0 Å². The largest absolute Gasteiger partial charge is 0.463 e. The summed E-state index contributed by atoms with van der Waals surface area (Å²) >= 11 is 0. The highest BCUT2D eigenvalue weighted by atomic mass is 16.6. The number of carbonyl (C=O) groups excluding carboxylic acids is 2. The fourth-order valence-electron chi connectivity index (χ4n) is 2.57. The molecule has 0 N–H and O–H groups in total. The minimum Gasteiger partial charge on any atom is -0.463 e. The van der Waals surface area contributed by atoms with Crippen molar-refractivity contribution in [3.8, 4) is 0 Å². The molecule has 0 saturated heterocycles. The number of esters is 2. The fourth-order valence-corrected chi connectivity index (χ4v) is 2.57. The summed E-state index contributed by atoms with van der Waals surface area (Å²) in [5.74, 6) is -1.35. The molecule has 0 saturated carbocycles. The second-order valence-electron chi connectivity index (χ2n) is 7.22. The van der Waals surface area contributed by atoms with Gasteiger partial charge in [-0.25, -0.2) is 4.79 Å². The highest BCUT2D eigenvalue weighted by molar-refractivity contribution is 5.87. The summed E-state index contributed by atoms with van der Waals surface area (Å²) in [5, 5.41) is 0. The lowest BCUT2D eigenvalue weighted by molar-refractivity contribution is -0.167.